The number of piperidine rings is 1. The number of anilines is 1. The first-order valence-corrected chi connectivity index (χ1v) is 34.7. The Balaban J connectivity index is 0.000000146. The SMILES string of the molecule is C=Cc1cccc(Cn2c(C(=O)O)cc3cc(C)cc(C(C)C)c32)n1.CC(C)c1cc(OC2CCN(C)CC2)cc2cc(C(=O)O)n(C)c12.CC(C)c1cccc2cc(C(=O)O)n(Cc3ccncn3)c12.Cc1cc(C(C)C)c2c(c1)cc(C(=O)O)n2Cc1cc(N2CCN(C)CC2)ccn1. The fourth-order valence-electron chi connectivity index (χ4n) is 13.9. The van der Waals surface area contributed by atoms with Gasteiger partial charge in [-0.25, -0.2) is 29.1 Å². The smallest absolute Gasteiger partial charge is 0.352 e. The zero-order valence-corrected chi connectivity index (χ0v) is 60.4. The largest absolute Gasteiger partial charge is 0.490 e. The van der Waals surface area contributed by atoms with Crippen molar-refractivity contribution in [2.75, 3.05) is 58.3 Å². The summed E-state index contributed by atoms with van der Waals surface area (Å²) in [5.74, 6) is -1.62. The molecule has 0 spiro atoms. The van der Waals surface area contributed by atoms with Gasteiger partial charge >= 0.3 is 23.9 Å². The number of rotatable bonds is 18. The molecule has 0 amide bonds. The molecule has 0 unspecified atom stereocenters. The van der Waals surface area contributed by atoms with E-state index in [2.05, 4.69) is 154 Å². The van der Waals surface area contributed by atoms with Crippen molar-refractivity contribution in [2.45, 2.75) is 131 Å². The number of piperazine rings is 1. The number of aromatic nitrogens is 8. The molecule has 0 bridgehead atoms. The number of hydrogen-bond acceptors (Lipinski definition) is 12. The Hall–Kier alpha value is -10.4. The van der Waals surface area contributed by atoms with E-state index in [9.17, 15) is 39.6 Å². The second kappa shape index (κ2) is 31.8. The first kappa shape index (κ1) is 73.3. The Bertz CT molecular complexity index is 4830. The minimum absolute atomic E-state index is 0.237. The van der Waals surface area contributed by atoms with Crippen molar-refractivity contribution in [2.24, 2.45) is 7.05 Å². The maximum absolute atomic E-state index is 12.0. The zero-order chi connectivity index (χ0) is 72.7. The van der Waals surface area contributed by atoms with E-state index in [0.29, 0.717) is 54.7 Å². The molecule has 528 valence electrons. The number of carboxylic acids is 4. The number of carbonyl (C=O) groups is 4. The lowest BCUT2D eigenvalue weighted by atomic mass is 9.98. The van der Waals surface area contributed by atoms with Gasteiger partial charge in [0.2, 0.25) is 0 Å². The molecule has 20 nitrogen and oxygen atoms in total. The van der Waals surface area contributed by atoms with Crippen molar-refractivity contribution in [3.05, 3.63) is 219 Å². The number of nitrogens with zero attached hydrogens (tertiary/aromatic N) is 11. The number of hydrogen-bond donors (Lipinski definition) is 4. The summed E-state index contributed by atoms with van der Waals surface area (Å²) in [6.07, 6.45) is 8.96. The summed E-state index contributed by atoms with van der Waals surface area (Å²) in [6, 6.07) is 37.1. The Kier molecular flexibility index (Phi) is 23.1. The van der Waals surface area contributed by atoms with E-state index >= 15 is 0 Å². The van der Waals surface area contributed by atoms with Gasteiger partial charge in [-0.05, 0) is 172 Å². The van der Waals surface area contributed by atoms with Crippen LogP contribution in [0, 0.1) is 13.8 Å². The quantitative estimate of drug-likeness (QED) is 0.0624. The molecule has 0 radical (unpaired) electrons. The lowest BCUT2D eigenvalue weighted by Crippen LogP contribution is -2.44. The first-order chi connectivity index (χ1) is 48.2. The van der Waals surface area contributed by atoms with Crippen LogP contribution in [0.2, 0.25) is 0 Å². The molecule has 4 aromatic carbocycles. The Morgan fingerprint density at radius 3 is 1.50 bits per heavy atom. The number of benzene rings is 4. The van der Waals surface area contributed by atoms with E-state index in [1.165, 1.54) is 11.9 Å². The molecule has 11 aromatic rings. The van der Waals surface area contributed by atoms with Crippen LogP contribution in [-0.2, 0) is 26.7 Å². The van der Waals surface area contributed by atoms with E-state index in [-0.39, 0.29) is 17.5 Å². The van der Waals surface area contributed by atoms with E-state index in [1.807, 2.05) is 82.4 Å². The van der Waals surface area contributed by atoms with Gasteiger partial charge in [0.15, 0.2) is 0 Å². The third-order valence-electron chi connectivity index (χ3n) is 19.1. The van der Waals surface area contributed by atoms with Crippen LogP contribution in [0.1, 0.15) is 190 Å². The summed E-state index contributed by atoms with van der Waals surface area (Å²) in [5, 5.41) is 42.3. The molecule has 2 fully saturated rings. The molecule has 4 N–H and O–H groups in total. The van der Waals surface area contributed by atoms with Crippen molar-refractivity contribution < 1.29 is 44.3 Å². The van der Waals surface area contributed by atoms with E-state index in [0.717, 1.165) is 158 Å². The van der Waals surface area contributed by atoms with E-state index in [4.69, 9.17) is 4.74 Å². The van der Waals surface area contributed by atoms with Crippen LogP contribution in [0.4, 0.5) is 5.69 Å². The lowest BCUT2D eigenvalue weighted by molar-refractivity contribution is 0.0675. The lowest BCUT2D eigenvalue weighted by Gasteiger charge is -2.34. The second-order valence-corrected chi connectivity index (χ2v) is 28.0. The van der Waals surface area contributed by atoms with Crippen LogP contribution in [-0.4, -0.2) is 152 Å². The highest BCUT2D eigenvalue weighted by Gasteiger charge is 2.26. The Morgan fingerprint density at radius 1 is 0.495 bits per heavy atom. The van der Waals surface area contributed by atoms with E-state index in [1.54, 1.807) is 47.2 Å². The summed E-state index contributed by atoms with van der Waals surface area (Å²) in [7, 11) is 6.10. The molecule has 0 saturated carbocycles. The number of para-hydroxylation sites is 1. The number of carboxylic acid groups (broad SMARTS) is 4. The maximum Gasteiger partial charge on any atom is 0.352 e. The number of ether oxygens (including phenoxy) is 1. The van der Waals surface area contributed by atoms with Crippen LogP contribution >= 0.6 is 0 Å². The molecule has 9 heterocycles. The van der Waals surface area contributed by atoms with Gasteiger partial charge in [0.25, 0.3) is 0 Å². The van der Waals surface area contributed by atoms with Crippen LogP contribution in [0.15, 0.2) is 141 Å². The molecule has 13 rings (SSSR count). The van der Waals surface area contributed by atoms with Gasteiger partial charge in [0, 0.05) is 85.9 Å². The molecule has 2 saturated heterocycles. The first-order valence-electron chi connectivity index (χ1n) is 34.7. The normalized spacial score (nSPS) is 13.8. The monoisotopic (exact) mass is 1370 g/mol. The highest BCUT2D eigenvalue weighted by molar-refractivity contribution is 5.99. The highest BCUT2D eigenvalue weighted by Crippen LogP contribution is 2.37. The molecule has 101 heavy (non-hydrogen) atoms. The number of likely N-dealkylation sites (tertiary alicyclic amines) is 1. The molecule has 0 aliphatic carbocycles. The fraction of sp³-hybridized carbons (Fsp3) is 0.358. The van der Waals surface area contributed by atoms with E-state index < -0.39 is 23.9 Å². The number of likely N-dealkylation sites (N-methyl/N-ethyl adjacent to an activating group) is 1. The number of pyridine rings is 2. The predicted octanol–water partition coefficient (Wildman–Crippen LogP) is 15.6. The van der Waals surface area contributed by atoms with Crippen molar-refractivity contribution >= 4 is 79.3 Å². The van der Waals surface area contributed by atoms with Crippen molar-refractivity contribution in [1.82, 2.24) is 48.0 Å². The summed E-state index contributed by atoms with van der Waals surface area (Å²) < 4.78 is 13.6. The van der Waals surface area contributed by atoms with Crippen molar-refractivity contribution in [3.8, 4) is 5.75 Å². The van der Waals surface area contributed by atoms with Gasteiger partial charge in [0.1, 0.15) is 41.0 Å². The molecule has 7 aromatic heterocycles. The molecule has 20 heteroatoms. The fourth-order valence-corrected chi connectivity index (χ4v) is 13.9. The number of fused-ring (bicyclic) bond motifs is 4. The van der Waals surface area contributed by atoms with Crippen molar-refractivity contribution in [3.63, 3.8) is 0 Å². The highest BCUT2D eigenvalue weighted by atomic mass is 16.5. The van der Waals surface area contributed by atoms with Crippen LogP contribution in [0.3, 0.4) is 0 Å². The predicted molar refractivity (Wildman–Crippen MR) is 401 cm³/mol. The van der Waals surface area contributed by atoms with Gasteiger partial charge in [-0.2, -0.15) is 0 Å². The maximum atomic E-state index is 12.0. The summed E-state index contributed by atoms with van der Waals surface area (Å²) in [5.41, 5.74) is 16.4. The standard InChI is InChI=1S/C24H30N4O2.C21H22N2O2.C19H26N2O3.C17H17N3O2/c1-16(2)21-12-17(3)11-18-13-22(24(29)30)28(23(18)21)15-19-14-20(5-6-25-19)27-9-7-26(4)8-10-27;1-5-16-7-6-8-17(22-16)12-23-19(21(24)25)11-15-9-14(4)10-18(13(2)3)20(15)23;1-12(2)16-11-15(24-14-5-7-20(3)8-6-14)9-13-10-17(19(22)23)21(4)18(13)16;1-11(2)14-5-3-4-12-8-15(17(21)22)20(16(12)14)9-13-6-7-18-10-19-13/h5-6,11-14,16H,7-10,15H2,1-4H3,(H,29,30);5-11,13H,1,12H2,2-4H3,(H,24,25);9-12,14H,5-8H2,1-4H3,(H,22,23);3-8,10-11H,9H2,1-2H3,(H,21,22). The van der Waals surface area contributed by atoms with Gasteiger partial charge in [0.05, 0.1) is 64.5 Å². The topological polar surface area (TPSA) is 239 Å². The molecular formula is C81H95N11O9. The van der Waals surface area contributed by atoms with Gasteiger partial charge in [-0.1, -0.05) is 109 Å². The second-order valence-electron chi connectivity index (χ2n) is 28.0. The van der Waals surface area contributed by atoms with Gasteiger partial charge < -0.3 is 58.1 Å². The van der Waals surface area contributed by atoms with Crippen LogP contribution in [0.5, 0.6) is 5.75 Å². The number of aryl methyl sites for hydroxylation is 3. The average Bonchev–Trinajstić information content (AvgIpc) is 1.65. The summed E-state index contributed by atoms with van der Waals surface area (Å²) in [4.78, 5) is 71.2. The minimum Gasteiger partial charge on any atom is -0.490 e. The average molecular weight is 1370 g/mol. The molecule has 2 aliphatic rings. The van der Waals surface area contributed by atoms with Crippen LogP contribution < -0.4 is 9.64 Å². The summed E-state index contributed by atoms with van der Waals surface area (Å²) >= 11 is 0. The Labute approximate surface area is 590 Å². The zero-order valence-electron chi connectivity index (χ0n) is 60.4. The van der Waals surface area contributed by atoms with Crippen LogP contribution in [0.25, 0.3) is 49.7 Å². The number of aromatic carboxylic acids is 4. The van der Waals surface area contributed by atoms with Crippen molar-refractivity contribution in [1.29, 1.82) is 0 Å². The molecular weight excluding hydrogens is 1270 g/mol. The molecule has 2 aliphatic heterocycles. The summed E-state index contributed by atoms with van der Waals surface area (Å²) in [6.45, 7) is 32.3. The third-order valence-corrected chi connectivity index (χ3v) is 19.1. The minimum atomic E-state index is -0.931. The van der Waals surface area contributed by atoms with Gasteiger partial charge in [-0.15, -0.1) is 0 Å². The molecule has 0 atom stereocenters. The van der Waals surface area contributed by atoms with Gasteiger partial charge in [-0.3, -0.25) is 9.97 Å². The Morgan fingerprint density at radius 2 is 0.980 bits per heavy atom. The third kappa shape index (κ3) is 16.9.